The number of carbonyl (C=O) groups excluding carboxylic acids is 2. The third-order valence-corrected chi connectivity index (χ3v) is 4.02. The van der Waals surface area contributed by atoms with E-state index in [0.29, 0.717) is 36.4 Å². The zero-order chi connectivity index (χ0) is 21.9. The summed E-state index contributed by atoms with van der Waals surface area (Å²) in [6.45, 7) is 9.64. The molecule has 0 saturated carbocycles. The van der Waals surface area contributed by atoms with Gasteiger partial charge < -0.3 is 20.1 Å². The van der Waals surface area contributed by atoms with Crippen molar-refractivity contribution in [3.05, 3.63) is 48.5 Å². The van der Waals surface area contributed by atoms with Gasteiger partial charge in [-0.25, -0.2) is 0 Å². The topological polar surface area (TPSA) is 76.7 Å². The highest BCUT2D eigenvalue weighted by Gasteiger charge is 2.08. The van der Waals surface area contributed by atoms with Crippen LogP contribution >= 0.6 is 0 Å². The van der Waals surface area contributed by atoms with Crippen molar-refractivity contribution >= 4 is 23.2 Å². The molecule has 0 bridgehead atoms. The van der Waals surface area contributed by atoms with Crippen LogP contribution in [0.2, 0.25) is 0 Å². The Kier molecular flexibility index (Phi) is 9.19. The monoisotopic (exact) mass is 412 g/mol. The lowest BCUT2D eigenvalue weighted by atomic mass is 10.2. The van der Waals surface area contributed by atoms with Gasteiger partial charge in [0.25, 0.3) is 0 Å². The second kappa shape index (κ2) is 11.9. The van der Waals surface area contributed by atoms with Crippen molar-refractivity contribution in [2.24, 2.45) is 11.8 Å². The number of anilines is 2. The summed E-state index contributed by atoms with van der Waals surface area (Å²) in [5.41, 5.74) is 1.35. The normalized spacial score (nSPS) is 10.7. The quantitative estimate of drug-likeness (QED) is 0.537. The van der Waals surface area contributed by atoms with Gasteiger partial charge in [-0.1, -0.05) is 27.7 Å². The first kappa shape index (κ1) is 23.3. The molecule has 2 amide bonds. The molecular weight excluding hydrogens is 380 g/mol. The number of carbonyl (C=O) groups is 2. The van der Waals surface area contributed by atoms with Gasteiger partial charge in [0.15, 0.2) is 0 Å². The van der Waals surface area contributed by atoms with Crippen molar-refractivity contribution < 1.29 is 19.1 Å². The van der Waals surface area contributed by atoms with Crippen LogP contribution in [0.1, 0.15) is 40.5 Å². The van der Waals surface area contributed by atoms with Crippen LogP contribution in [0.15, 0.2) is 48.5 Å². The van der Waals surface area contributed by atoms with E-state index in [-0.39, 0.29) is 24.7 Å². The molecule has 0 unspecified atom stereocenters. The Hall–Kier alpha value is -3.02. The van der Waals surface area contributed by atoms with E-state index in [1.165, 1.54) is 0 Å². The van der Waals surface area contributed by atoms with Crippen molar-refractivity contribution in [3.63, 3.8) is 0 Å². The minimum Gasteiger partial charge on any atom is -0.493 e. The van der Waals surface area contributed by atoms with Crippen LogP contribution in [0.5, 0.6) is 11.5 Å². The molecule has 0 atom stereocenters. The molecule has 0 spiro atoms. The number of rotatable bonds is 11. The van der Waals surface area contributed by atoms with Crippen LogP contribution in [-0.4, -0.2) is 25.0 Å². The van der Waals surface area contributed by atoms with Crippen molar-refractivity contribution in [3.8, 4) is 11.5 Å². The fraction of sp³-hybridized carbons (Fsp3) is 0.417. The molecule has 162 valence electrons. The van der Waals surface area contributed by atoms with Crippen LogP contribution in [0.25, 0.3) is 0 Å². The molecule has 6 heteroatoms. The molecular formula is C24H32N2O4. The molecule has 0 aliphatic heterocycles. The summed E-state index contributed by atoms with van der Waals surface area (Å²) in [5.74, 6) is 2.01. The molecule has 2 N–H and O–H groups in total. The molecule has 0 saturated heterocycles. The minimum atomic E-state index is -0.210. The van der Waals surface area contributed by atoms with E-state index in [0.717, 1.165) is 11.5 Å². The van der Waals surface area contributed by atoms with Gasteiger partial charge >= 0.3 is 0 Å². The van der Waals surface area contributed by atoms with Crippen LogP contribution in [-0.2, 0) is 9.59 Å². The van der Waals surface area contributed by atoms with E-state index in [1.54, 1.807) is 24.3 Å². The Bertz CT molecular complexity index is 729. The molecule has 0 fully saturated rings. The molecule has 0 radical (unpaired) electrons. The fourth-order valence-electron chi connectivity index (χ4n) is 2.47. The smallest absolute Gasteiger partial charge is 0.224 e. The summed E-state index contributed by atoms with van der Waals surface area (Å²) >= 11 is 0. The summed E-state index contributed by atoms with van der Waals surface area (Å²) in [7, 11) is 0. The first-order chi connectivity index (χ1) is 14.3. The second-order valence-electron chi connectivity index (χ2n) is 8.05. The average molecular weight is 413 g/mol. The Morgan fingerprint density at radius 3 is 1.30 bits per heavy atom. The van der Waals surface area contributed by atoms with Gasteiger partial charge in [0, 0.05) is 24.2 Å². The van der Waals surface area contributed by atoms with Crippen molar-refractivity contribution in [1.29, 1.82) is 0 Å². The number of amides is 2. The minimum absolute atomic E-state index is 0.104. The standard InChI is InChI=1S/C24H32N2O4/c1-17(2)15-29-21-9-5-19(6-10-21)25-23(27)13-14-24(28)26-20-7-11-22(12-8-20)30-16-18(3)4/h5-12,17-18H,13-16H2,1-4H3,(H,25,27)(H,26,28). The third kappa shape index (κ3) is 8.99. The maximum absolute atomic E-state index is 12.1. The highest BCUT2D eigenvalue weighted by Crippen LogP contribution is 2.18. The van der Waals surface area contributed by atoms with E-state index in [1.807, 2.05) is 24.3 Å². The van der Waals surface area contributed by atoms with Gasteiger partial charge in [0.05, 0.1) is 13.2 Å². The summed E-state index contributed by atoms with van der Waals surface area (Å²) in [5, 5.41) is 5.59. The predicted molar refractivity (Wildman–Crippen MR) is 120 cm³/mol. The van der Waals surface area contributed by atoms with Crippen LogP contribution < -0.4 is 20.1 Å². The number of hydrogen-bond donors (Lipinski definition) is 2. The van der Waals surface area contributed by atoms with Gasteiger partial charge in [0.2, 0.25) is 11.8 Å². The van der Waals surface area contributed by atoms with E-state index in [9.17, 15) is 9.59 Å². The van der Waals surface area contributed by atoms with Crippen LogP contribution in [0, 0.1) is 11.8 Å². The summed E-state index contributed by atoms with van der Waals surface area (Å²) in [6, 6.07) is 14.4. The maximum Gasteiger partial charge on any atom is 0.224 e. The molecule has 2 aromatic rings. The molecule has 0 aliphatic rings. The highest BCUT2D eigenvalue weighted by atomic mass is 16.5. The molecule has 30 heavy (non-hydrogen) atoms. The third-order valence-electron chi connectivity index (χ3n) is 4.02. The van der Waals surface area contributed by atoms with Gasteiger partial charge in [-0.2, -0.15) is 0 Å². The molecule has 0 aromatic heterocycles. The summed E-state index contributed by atoms with van der Waals surface area (Å²) in [6.07, 6.45) is 0.208. The Morgan fingerprint density at radius 2 is 1.00 bits per heavy atom. The van der Waals surface area contributed by atoms with Crippen LogP contribution in [0.4, 0.5) is 11.4 Å². The van der Waals surface area contributed by atoms with Gasteiger partial charge in [-0.05, 0) is 60.4 Å². The summed E-state index contributed by atoms with van der Waals surface area (Å²) in [4.78, 5) is 24.2. The average Bonchev–Trinajstić information content (AvgIpc) is 2.71. The van der Waals surface area contributed by atoms with Crippen molar-refractivity contribution in [1.82, 2.24) is 0 Å². The number of nitrogens with one attached hydrogen (secondary N) is 2. The predicted octanol–water partition coefficient (Wildman–Crippen LogP) is 5.11. The van der Waals surface area contributed by atoms with E-state index in [4.69, 9.17) is 9.47 Å². The lowest BCUT2D eigenvalue weighted by Crippen LogP contribution is -2.17. The summed E-state index contributed by atoms with van der Waals surface area (Å²) < 4.78 is 11.2. The fourth-order valence-corrected chi connectivity index (χ4v) is 2.47. The lowest BCUT2D eigenvalue weighted by Gasteiger charge is -2.10. The van der Waals surface area contributed by atoms with E-state index in [2.05, 4.69) is 38.3 Å². The highest BCUT2D eigenvalue weighted by molar-refractivity contribution is 5.96. The second-order valence-corrected chi connectivity index (χ2v) is 8.05. The number of hydrogen-bond acceptors (Lipinski definition) is 4. The van der Waals surface area contributed by atoms with E-state index >= 15 is 0 Å². The number of benzene rings is 2. The van der Waals surface area contributed by atoms with Crippen molar-refractivity contribution in [2.45, 2.75) is 40.5 Å². The maximum atomic E-state index is 12.1. The van der Waals surface area contributed by atoms with Gasteiger partial charge in [-0.15, -0.1) is 0 Å². The Balaban J connectivity index is 1.72. The van der Waals surface area contributed by atoms with E-state index < -0.39 is 0 Å². The zero-order valence-electron chi connectivity index (χ0n) is 18.2. The molecule has 0 heterocycles. The molecule has 2 aromatic carbocycles. The Labute approximate surface area is 179 Å². The molecule has 6 nitrogen and oxygen atoms in total. The van der Waals surface area contributed by atoms with Gasteiger partial charge in [-0.3, -0.25) is 9.59 Å². The first-order valence-corrected chi connectivity index (χ1v) is 10.4. The SMILES string of the molecule is CC(C)COc1ccc(NC(=O)CCC(=O)Nc2ccc(OCC(C)C)cc2)cc1. The number of ether oxygens (including phenoxy) is 2. The first-order valence-electron chi connectivity index (χ1n) is 10.4. The van der Waals surface area contributed by atoms with Crippen molar-refractivity contribution in [2.75, 3.05) is 23.8 Å². The largest absolute Gasteiger partial charge is 0.493 e. The molecule has 2 rings (SSSR count). The Morgan fingerprint density at radius 1 is 0.667 bits per heavy atom. The van der Waals surface area contributed by atoms with Crippen LogP contribution in [0.3, 0.4) is 0 Å². The van der Waals surface area contributed by atoms with Gasteiger partial charge in [0.1, 0.15) is 11.5 Å². The lowest BCUT2D eigenvalue weighted by molar-refractivity contribution is -0.121. The molecule has 0 aliphatic carbocycles. The zero-order valence-corrected chi connectivity index (χ0v) is 18.2.